The first-order valence-electron chi connectivity index (χ1n) is 15.5. The van der Waals surface area contributed by atoms with Gasteiger partial charge in [-0.2, -0.15) is 4.31 Å². The van der Waals surface area contributed by atoms with Gasteiger partial charge in [0.05, 0.1) is 11.8 Å². The molecule has 0 aromatic carbocycles. The van der Waals surface area contributed by atoms with E-state index in [1.165, 1.54) is 9.21 Å². The quantitative estimate of drug-likeness (QED) is 0.242. The highest BCUT2D eigenvalue weighted by Gasteiger charge is 2.70. The fourth-order valence-corrected chi connectivity index (χ4v) is 8.12. The Balaban J connectivity index is 1.82. The third kappa shape index (κ3) is 7.55. The Kier molecular flexibility index (Phi) is 10.2. The molecule has 3 fully saturated rings. The van der Waals surface area contributed by atoms with Gasteiger partial charge in [-0.05, 0) is 40.9 Å². The van der Waals surface area contributed by atoms with Crippen LogP contribution in [0.1, 0.15) is 81.6 Å². The number of urea groups is 1. The number of nitrogens with two attached hydrogens (primary N) is 1. The van der Waals surface area contributed by atoms with Crippen LogP contribution in [-0.2, 0) is 29.2 Å². The fourth-order valence-electron chi connectivity index (χ4n) is 6.58. The van der Waals surface area contributed by atoms with Crippen LogP contribution < -0.4 is 21.7 Å². The minimum absolute atomic E-state index is 0.0563. The van der Waals surface area contributed by atoms with Crippen molar-refractivity contribution in [2.45, 2.75) is 106 Å². The third-order valence-corrected chi connectivity index (χ3v) is 11.5. The van der Waals surface area contributed by atoms with E-state index in [0.29, 0.717) is 25.9 Å². The maximum absolute atomic E-state index is 14.2. The molecule has 2 aliphatic heterocycles. The lowest BCUT2D eigenvalue weighted by Crippen LogP contribution is -2.62. The lowest BCUT2D eigenvalue weighted by atomic mass is 9.85. The van der Waals surface area contributed by atoms with Crippen LogP contribution in [0.3, 0.4) is 0 Å². The number of nitrogens with one attached hydrogen (secondary N) is 3. The van der Waals surface area contributed by atoms with E-state index in [2.05, 4.69) is 16.0 Å². The van der Waals surface area contributed by atoms with Gasteiger partial charge in [0.15, 0.2) is 0 Å². The zero-order valence-electron chi connectivity index (χ0n) is 27.7. The maximum Gasteiger partial charge on any atom is 0.315 e. The number of carbonyl (C=O) groups is 5. The van der Waals surface area contributed by atoms with Crippen LogP contribution in [0.4, 0.5) is 4.79 Å². The molecule has 0 spiro atoms. The van der Waals surface area contributed by atoms with Gasteiger partial charge in [-0.15, -0.1) is 0 Å². The van der Waals surface area contributed by atoms with E-state index in [9.17, 15) is 32.4 Å². The largest absolute Gasteiger partial charge is 0.363 e. The number of ketones is 1. The van der Waals surface area contributed by atoms with Crippen molar-refractivity contribution >= 4 is 39.6 Å². The Morgan fingerprint density at radius 2 is 1.59 bits per heavy atom. The number of hydrogen-bond acceptors (Lipinski definition) is 7. The predicted octanol–water partition coefficient (Wildman–Crippen LogP) is 0.973. The summed E-state index contributed by atoms with van der Waals surface area (Å²) in [7, 11) is -3.38. The van der Waals surface area contributed by atoms with Crippen molar-refractivity contribution in [3.8, 4) is 0 Å². The lowest BCUT2D eigenvalue weighted by Gasteiger charge is -2.39. The number of likely N-dealkylation sites (tertiary alicyclic amines) is 1. The van der Waals surface area contributed by atoms with Crippen LogP contribution in [0.2, 0.25) is 0 Å². The van der Waals surface area contributed by atoms with Crippen LogP contribution in [0.15, 0.2) is 0 Å². The number of rotatable bonds is 11. The van der Waals surface area contributed by atoms with Gasteiger partial charge in [0.2, 0.25) is 27.6 Å². The van der Waals surface area contributed by atoms with Crippen molar-refractivity contribution in [2.75, 3.05) is 25.4 Å². The second kappa shape index (κ2) is 12.6. The van der Waals surface area contributed by atoms with Crippen LogP contribution >= 0.6 is 0 Å². The highest BCUT2D eigenvalue weighted by atomic mass is 32.2. The van der Waals surface area contributed by atoms with Gasteiger partial charge in [-0.25, -0.2) is 13.2 Å². The minimum atomic E-state index is -3.38. The van der Waals surface area contributed by atoms with Crippen molar-refractivity contribution in [1.29, 1.82) is 0 Å². The van der Waals surface area contributed by atoms with Crippen LogP contribution in [0, 0.1) is 28.1 Å². The van der Waals surface area contributed by atoms with Crippen molar-refractivity contribution in [2.24, 2.45) is 33.8 Å². The van der Waals surface area contributed by atoms with Crippen molar-refractivity contribution in [3.63, 3.8) is 0 Å². The van der Waals surface area contributed by atoms with Crippen molar-refractivity contribution in [1.82, 2.24) is 25.2 Å². The molecule has 0 aromatic rings. The highest BCUT2D eigenvalue weighted by Crippen LogP contribution is 2.65. The van der Waals surface area contributed by atoms with Gasteiger partial charge in [0, 0.05) is 25.7 Å². The van der Waals surface area contributed by atoms with Crippen LogP contribution in [0.5, 0.6) is 0 Å². The monoisotopic (exact) mass is 640 g/mol. The second-order valence-corrected chi connectivity index (χ2v) is 17.4. The molecule has 1 saturated carbocycles. The molecule has 6 atom stereocenters. The maximum atomic E-state index is 14.2. The molecule has 14 heteroatoms. The topological polar surface area (TPSA) is 188 Å². The minimum Gasteiger partial charge on any atom is -0.363 e. The first-order valence-corrected chi connectivity index (χ1v) is 17.1. The van der Waals surface area contributed by atoms with Gasteiger partial charge in [0.1, 0.15) is 12.1 Å². The van der Waals surface area contributed by atoms with Crippen molar-refractivity contribution in [3.05, 3.63) is 0 Å². The molecular weight excluding hydrogens is 588 g/mol. The summed E-state index contributed by atoms with van der Waals surface area (Å²) in [6, 6.07) is -4.15. The summed E-state index contributed by atoms with van der Waals surface area (Å²) in [5, 5.41) is 8.43. The molecular formula is C30H52N6O7S. The molecule has 44 heavy (non-hydrogen) atoms. The van der Waals surface area contributed by atoms with E-state index >= 15 is 0 Å². The smallest absolute Gasteiger partial charge is 0.315 e. The van der Waals surface area contributed by atoms with Crippen LogP contribution in [0.25, 0.3) is 0 Å². The first kappa shape index (κ1) is 35.7. The Bertz CT molecular complexity index is 1270. The molecule has 3 rings (SSSR count). The number of primary amides is 1. The van der Waals surface area contributed by atoms with Gasteiger partial charge in [-0.1, -0.05) is 68.7 Å². The van der Waals surface area contributed by atoms with E-state index in [0.717, 1.165) is 0 Å². The summed E-state index contributed by atoms with van der Waals surface area (Å²) in [6.07, 6.45) is 1.29. The molecule has 2 saturated heterocycles. The Morgan fingerprint density at radius 3 is 2.07 bits per heavy atom. The fraction of sp³-hybridized carbons (Fsp3) is 0.833. The molecule has 3 aliphatic rings. The van der Waals surface area contributed by atoms with E-state index < -0.39 is 74.6 Å². The van der Waals surface area contributed by atoms with E-state index in [1.54, 1.807) is 0 Å². The zero-order valence-corrected chi connectivity index (χ0v) is 28.5. The molecule has 0 bridgehead atoms. The number of nitrogens with zero attached hydrogens (tertiary/aromatic N) is 2. The summed E-state index contributed by atoms with van der Waals surface area (Å²) in [5.41, 5.74) is 3.78. The standard InChI is InChI=1S/C30H52N6O7S/c1-10-12-18(22(37)24(31)38)32-25(39)21-20-17(30(20,8)9)15-36(21)26(40)23(29(5,6)7)34-27(41)33-19(28(2,3)4)16-35-13-11-14-44(35,42)43/h17-21,23H,10-16H2,1-9H3,(H2,31,38)(H,32,39)(H2,33,34,41)/t17-,18?,19+,20-,21?,23+/m0/s1. The molecule has 5 amide bonds. The summed E-state index contributed by atoms with van der Waals surface area (Å²) in [6.45, 7) is 17.8. The van der Waals surface area contributed by atoms with E-state index in [-0.39, 0.29) is 36.0 Å². The second-order valence-electron chi connectivity index (χ2n) is 15.3. The molecule has 250 valence electrons. The Labute approximate surface area is 261 Å². The predicted molar refractivity (Wildman–Crippen MR) is 165 cm³/mol. The molecule has 2 unspecified atom stereocenters. The van der Waals surface area contributed by atoms with Gasteiger partial charge < -0.3 is 26.6 Å². The lowest BCUT2D eigenvalue weighted by molar-refractivity contribution is -0.145. The highest BCUT2D eigenvalue weighted by molar-refractivity contribution is 7.89. The molecule has 0 radical (unpaired) electrons. The van der Waals surface area contributed by atoms with Crippen LogP contribution in [-0.4, -0.2) is 96.7 Å². The number of sulfonamides is 1. The number of carbonyl (C=O) groups excluding carboxylic acids is 5. The number of Topliss-reactive ketones (excluding diaryl/α,β-unsaturated/α-hetero) is 1. The number of hydrogen-bond donors (Lipinski definition) is 4. The molecule has 5 N–H and O–H groups in total. The Hall–Kier alpha value is -2.74. The van der Waals surface area contributed by atoms with Gasteiger partial charge >= 0.3 is 6.03 Å². The summed E-state index contributed by atoms with van der Waals surface area (Å²) < 4.78 is 26.3. The van der Waals surface area contributed by atoms with E-state index in [4.69, 9.17) is 5.73 Å². The molecule has 13 nitrogen and oxygen atoms in total. The summed E-state index contributed by atoms with van der Waals surface area (Å²) >= 11 is 0. The number of piperidine rings is 1. The average molecular weight is 641 g/mol. The summed E-state index contributed by atoms with van der Waals surface area (Å²) in [5.74, 6) is -2.99. The van der Waals surface area contributed by atoms with E-state index in [1.807, 2.05) is 62.3 Å². The average Bonchev–Trinajstić information content (AvgIpc) is 3.17. The summed E-state index contributed by atoms with van der Waals surface area (Å²) in [4.78, 5) is 66.9. The third-order valence-electron chi connectivity index (χ3n) is 9.54. The number of amides is 5. The van der Waals surface area contributed by atoms with Crippen molar-refractivity contribution < 1.29 is 32.4 Å². The SMILES string of the molecule is CCCC(NC(=O)C1[C@@H]2[C@H](CN1C(=O)[C@@H](NC(=O)N[C@H](CN1CCCS1(=O)=O)C(C)(C)C)C(C)(C)C)C2(C)C)C(=O)C(N)=O. The Morgan fingerprint density at radius 1 is 0.977 bits per heavy atom. The molecule has 0 aromatic heterocycles. The molecule has 1 aliphatic carbocycles. The normalized spacial score (nSPS) is 26.2. The molecule has 2 heterocycles. The zero-order chi connectivity index (χ0) is 33.6. The first-order chi connectivity index (χ1) is 20.0. The van der Waals surface area contributed by atoms with Gasteiger partial charge in [-0.3, -0.25) is 19.2 Å². The number of fused-ring (bicyclic) bond motifs is 1. The van der Waals surface area contributed by atoms with Gasteiger partial charge in [0.25, 0.3) is 5.91 Å².